The fourth-order valence-corrected chi connectivity index (χ4v) is 2.16. The lowest BCUT2D eigenvalue weighted by Crippen LogP contribution is -2.04. The van der Waals surface area contributed by atoms with Gasteiger partial charge in [-0.15, -0.1) is 0 Å². The van der Waals surface area contributed by atoms with E-state index in [1.165, 1.54) is 0 Å². The van der Waals surface area contributed by atoms with Crippen molar-refractivity contribution >= 4 is 21.6 Å². The molecule has 0 spiro atoms. The summed E-state index contributed by atoms with van der Waals surface area (Å²) in [5.74, 6) is 1.59. The Bertz CT molecular complexity index is 584. The summed E-state index contributed by atoms with van der Waals surface area (Å²) in [6, 6.07) is 17.5. The van der Waals surface area contributed by atoms with Gasteiger partial charge >= 0.3 is 0 Å². The van der Waals surface area contributed by atoms with E-state index >= 15 is 0 Å². The summed E-state index contributed by atoms with van der Waals surface area (Å²) in [5.41, 5.74) is 1.83. The molecule has 0 radical (unpaired) electrons. The molecule has 0 bridgehead atoms. The van der Waals surface area contributed by atoms with E-state index in [9.17, 15) is 0 Å². The molecular formula is C17H18BrNO2. The first-order chi connectivity index (χ1) is 10.3. The minimum Gasteiger partial charge on any atom is -0.457 e. The standard InChI is InChI=1S/C17H18BrNO2/c1-2-11-20-19-17(13-18)14-7-6-10-16(12-14)21-15-8-4-3-5-9-15/h3-10,12H,2,11,13H2,1H3/b19-17+. The zero-order valence-corrected chi connectivity index (χ0v) is 13.5. The molecule has 0 heterocycles. The van der Waals surface area contributed by atoms with E-state index in [1.54, 1.807) is 0 Å². The third-order valence-corrected chi connectivity index (χ3v) is 3.27. The van der Waals surface area contributed by atoms with E-state index < -0.39 is 0 Å². The number of halogens is 1. The predicted octanol–water partition coefficient (Wildman–Crippen LogP) is 5.00. The second-order valence-electron chi connectivity index (χ2n) is 4.45. The van der Waals surface area contributed by atoms with Gasteiger partial charge in [-0.3, -0.25) is 0 Å². The van der Waals surface area contributed by atoms with E-state index in [4.69, 9.17) is 9.57 Å². The van der Waals surface area contributed by atoms with E-state index in [0.717, 1.165) is 29.2 Å². The summed E-state index contributed by atoms with van der Waals surface area (Å²) >= 11 is 3.44. The van der Waals surface area contributed by atoms with Crippen molar-refractivity contribution in [1.29, 1.82) is 0 Å². The highest BCUT2D eigenvalue weighted by Crippen LogP contribution is 2.22. The van der Waals surface area contributed by atoms with Gasteiger partial charge in [-0.1, -0.05) is 58.3 Å². The van der Waals surface area contributed by atoms with Crippen LogP contribution in [0.2, 0.25) is 0 Å². The number of para-hydroxylation sites is 1. The van der Waals surface area contributed by atoms with Crippen LogP contribution >= 0.6 is 15.9 Å². The largest absolute Gasteiger partial charge is 0.457 e. The van der Waals surface area contributed by atoms with Crippen molar-refractivity contribution in [2.24, 2.45) is 5.16 Å². The summed E-state index contributed by atoms with van der Waals surface area (Å²) in [7, 11) is 0. The van der Waals surface area contributed by atoms with Crippen molar-refractivity contribution in [3.05, 3.63) is 60.2 Å². The molecule has 4 heteroatoms. The molecule has 0 N–H and O–H groups in total. The van der Waals surface area contributed by atoms with Gasteiger partial charge in [0, 0.05) is 10.9 Å². The van der Waals surface area contributed by atoms with Gasteiger partial charge in [-0.05, 0) is 30.7 Å². The van der Waals surface area contributed by atoms with Crippen molar-refractivity contribution in [3.8, 4) is 11.5 Å². The normalized spacial score (nSPS) is 11.2. The molecule has 0 saturated carbocycles. The molecule has 2 rings (SSSR count). The number of hydrogen-bond donors (Lipinski definition) is 0. The minimum absolute atomic E-state index is 0.622. The number of rotatable bonds is 7. The highest BCUT2D eigenvalue weighted by atomic mass is 79.9. The van der Waals surface area contributed by atoms with Crippen LogP contribution < -0.4 is 4.74 Å². The van der Waals surface area contributed by atoms with Gasteiger partial charge in [0.15, 0.2) is 0 Å². The number of benzene rings is 2. The molecule has 0 fully saturated rings. The Labute approximate surface area is 133 Å². The number of hydrogen-bond acceptors (Lipinski definition) is 3. The molecule has 2 aromatic carbocycles. The topological polar surface area (TPSA) is 30.8 Å². The van der Waals surface area contributed by atoms with Crippen LogP contribution in [0.3, 0.4) is 0 Å². The molecular weight excluding hydrogens is 330 g/mol. The number of nitrogens with zero attached hydrogens (tertiary/aromatic N) is 1. The van der Waals surface area contributed by atoms with Crippen molar-refractivity contribution < 1.29 is 9.57 Å². The summed E-state index contributed by atoms with van der Waals surface area (Å²) in [4.78, 5) is 5.27. The third-order valence-electron chi connectivity index (χ3n) is 2.74. The quantitative estimate of drug-likeness (QED) is 0.305. The SMILES string of the molecule is CCCO/N=C(\CBr)c1cccc(Oc2ccccc2)c1. The molecule has 0 aromatic heterocycles. The Morgan fingerprint density at radius 3 is 2.52 bits per heavy atom. The minimum atomic E-state index is 0.622. The molecule has 3 nitrogen and oxygen atoms in total. The third kappa shape index (κ3) is 4.90. The Morgan fingerprint density at radius 2 is 1.81 bits per heavy atom. The lowest BCUT2D eigenvalue weighted by atomic mass is 10.1. The molecule has 110 valence electrons. The van der Waals surface area contributed by atoms with Crippen molar-refractivity contribution in [2.75, 3.05) is 11.9 Å². The zero-order chi connectivity index (χ0) is 14.9. The average molecular weight is 348 g/mol. The van der Waals surface area contributed by atoms with Gasteiger partial charge in [0.1, 0.15) is 18.1 Å². The zero-order valence-electron chi connectivity index (χ0n) is 12.0. The van der Waals surface area contributed by atoms with E-state index in [0.29, 0.717) is 11.9 Å². The summed E-state index contributed by atoms with van der Waals surface area (Å²) in [6.45, 7) is 2.67. The smallest absolute Gasteiger partial charge is 0.128 e. The van der Waals surface area contributed by atoms with Crippen LogP contribution in [0.15, 0.2) is 59.8 Å². The molecule has 0 aliphatic heterocycles. The second kappa shape index (κ2) is 8.47. The first-order valence-corrected chi connectivity index (χ1v) is 8.03. The number of oxime groups is 1. The summed E-state index contributed by atoms with van der Waals surface area (Å²) in [6.07, 6.45) is 0.941. The fourth-order valence-electron chi connectivity index (χ4n) is 1.73. The highest BCUT2D eigenvalue weighted by molar-refractivity contribution is 9.09. The van der Waals surface area contributed by atoms with Crippen molar-refractivity contribution in [2.45, 2.75) is 13.3 Å². The van der Waals surface area contributed by atoms with Gasteiger partial charge < -0.3 is 9.57 Å². The van der Waals surface area contributed by atoms with Gasteiger partial charge in [0.05, 0.1) is 5.71 Å². The van der Waals surface area contributed by atoms with Crippen LogP contribution in [0.1, 0.15) is 18.9 Å². The number of alkyl halides is 1. The number of ether oxygens (including phenoxy) is 1. The van der Waals surface area contributed by atoms with E-state index in [2.05, 4.69) is 28.0 Å². The predicted molar refractivity (Wildman–Crippen MR) is 89.5 cm³/mol. The first kappa shape index (κ1) is 15.6. The fraction of sp³-hybridized carbons (Fsp3) is 0.235. The van der Waals surface area contributed by atoms with E-state index in [1.807, 2.05) is 54.6 Å². The molecule has 0 aliphatic carbocycles. The first-order valence-electron chi connectivity index (χ1n) is 6.91. The molecule has 0 saturated heterocycles. The maximum atomic E-state index is 5.83. The van der Waals surface area contributed by atoms with Crippen LogP contribution in [0, 0.1) is 0 Å². The molecule has 21 heavy (non-hydrogen) atoms. The second-order valence-corrected chi connectivity index (χ2v) is 5.01. The van der Waals surface area contributed by atoms with Crippen LogP contribution in [-0.4, -0.2) is 17.6 Å². The maximum absolute atomic E-state index is 5.83. The maximum Gasteiger partial charge on any atom is 0.128 e. The lowest BCUT2D eigenvalue weighted by Gasteiger charge is -2.08. The molecule has 0 aliphatic rings. The van der Waals surface area contributed by atoms with Crippen LogP contribution in [-0.2, 0) is 4.84 Å². The van der Waals surface area contributed by atoms with Gasteiger partial charge in [0.2, 0.25) is 0 Å². The van der Waals surface area contributed by atoms with Crippen molar-refractivity contribution in [1.82, 2.24) is 0 Å². The van der Waals surface area contributed by atoms with Crippen LogP contribution in [0.4, 0.5) is 0 Å². The Kier molecular flexibility index (Phi) is 6.28. The Hall–Kier alpha value is -1.81. The Balaban J connectivity index is 2.14. The Morgan fingerprint density at radius 1 is 1.05 bits per heavy atom. The van der Waals surface area contributed by atoms with Crippen LogP contribution in [0.5, 0.6) is 11.5 Å². The van der Waals surface area contributed by atoms with Gasteiger partial charge in [-0.2, -0.15) is 0 Å². The lowest BCUT2D eigenvalue weighted by molar-refractivity contribution is 0.145. The highest BCUT2D eigenvalue weighted by Gasteiger charge is 2.05. The van der Waals surface area contributed by atoms with Crippen molar-refractivity contribution in [3.63, 3.8) is 0 Å². The average Bonchev–Trinajstić information content (AvgIpc) is 2.53. The molecule has 0 atom stereocenters. The molecule has 2 aromatic rings. The van der Waals surface area contributed by atoms with E-state index in [-0.39, 0.29) is 0 Å². The molecule has 0 unspecified atom stereocenters. The summed E-state index contributed by atoms with van der Waals surface area (Å²) in [5, 5.41) is 4.80. The van der Waals surface area contributed by atoms with Gasteiger partial charge in [0.25, 0.3) is 0 Å². The van der Waals surface area contributed by atoms with Crippen LogP contribution in [0.25, 0.3) is 0 Å². The monoisotopic (exact) mass is 347 g/mol. The molecule has 0 amide bonds. The van der Waals surface area contributed by atoms with Gasteiger partial charge in [-0.25, -0.2) is 0 Å². The summed E-state index contributed by atoms with van der Waals surface area (Å²) < 4.78 is 5.83.